The maximum absolute atomic E-state index is 12.0. The molecule has 0 radical (unpaired) electrons. The van der Waals surface area contributed by atoms with Gasteiger partial charge in [-0.25, -0.2) is 0 Å². The number of nitrogens with two attached hydrogens (primary N) is 4. The van der Waals surface area contributed by atoms with Crippen LogP contribution in [-0.2, 0) is 10.1 Å². The van der Waals surface area contributed by atoms with Crippen molar-refractivity contribution in [2.75, 3.05) is 35.4 Å². The van der Waals surface area contributed by atoms with Crippen molar-refractivity contribution in [2.45, 2.75) is 13.8 Å². The van der Waals surface area contributed by atoms with Crippen molar-refractivity contribution >= 4 is 38.8 Å². The number of anilines is 4. The van der Waals surface area contributed by atoms with Gasteiger partial charge in [-0.3, -0.25) is 9.35 Å². The first-order valence-corrected chi connectivity index (χ1v) is 13.4. The lowest BCUT2D eigenvalue weighted by molar-refractivity contribution is 0.102. The van der Waals surface area contributed by atoms with Crippen LogP contribution < -0.4 is 33.0 Å². The number of terminal acetylenes is 1. The van der Waals surface area contributed by atoms with Crippen molar-refractivity contribution in [3.8, 4) is 24.3 Å². The Morgan fingerprint density at radius 2 is 1.59 bits per heavy atom. The lowest BCUT2D eigenvalue weighted by Gasteiger charge is -2.10. The zero-order valence-corrected chi connectivity index (χ0v) is 23.9. The van der Waals surface area contributed by atoms with Gasteiger partial charge in [-0.15, -0.1) is 12.8 Å². The molecule has 0 aliphatic heterocycles. The van der Waals surface area contributed by atoms with Gasteiger partial charge < -0.3 is 38.1 Å². The molecule has 11 N–H and O–H groups in total. The summed E-state index contributed by atoms with van der Waals surface area (Å²) in [6, 6.07) is 16.6. The van der Waals surface area contributed by atoms with Gasteiger partial charge in [-0.1, -0.05) is 12.2 Å². The van der Waals surface area contributed by atoms with Crippen molar-refractivity contribution < 1.29 is 27.6 Å². The maximum Gasteiger partial charge on any atom is 0.268 e. The molecule has 3 aromatic carbocycles. The lowest BCUT2D eigenvalue weighted by Crippen LogP contribution is -2.12. The van der Waals surface area contributed by atoms with Gasteiger partial charge in [-0.2, -0.15) is 8.42 Å². The Kier molecular flexibility index (Phi) is 15.9. The Hall–Kier alpha value is -5.12. The van der Waals surface area contributed by atoms with Crippen molar-refractivity contribution in [1.29, 1.82) is 0 Å². The van der Waals surface area contributed by atoms with E-state index in [4.69, 9.17) is 37.3 Å². The van der Waals surface area contributed by atoms with Gasteiger partial charge in [0.2, 0.25) is 0 Å². The molecule has 0 atom stereocenters. The Bertz CT molecular complexity index is 1450. The van der Waals surface area contributed by atoms with E-state index in [-0.39, 0.29) is 17.4 Å². The first-order valence-electron chi connectivity index (χ1n) is 11.7. The van der Waals surface area contributed by atoms with E-state index in [1.165, 1.54) is 19.3 Å². The number of carbonyl (C=O) groups excluding carboxylic acids is 1. The number of hydrogen-bond donors (Lipinski definition) is 7. The fourth-order valence-electron chi connectivity index (χ4n) is 2.70. The second kappa shape index (κ2) is 18.2. The molecule has 0 saturated carbocycles. The van der Waals surface area contributed by atoms with E-state index >= 15 is 0 Å². The summed E-state index contributed by atoms with van der Waals surface area (Å²) in [7, 11) is -2.36. The number of benzene rings is 3. The summed E-state index contributed by atoms with van der Waals surface area (Å²) in [6.45, 7) is 3.53. The topological polar surface area (TPSA) is 217 Å². The minimum Gasteiger partial charge on any atom is -0.508 e. The highest BCUT2D eigenvalue weighted by Crippen LogP contribution is 2.27. The average Bonchev–Trinajstić information content (AvgIpc) is 2.91. The van der Waals surface area contributed by atoms with E-state index in [2.05, 4.69) is 18.2 Å². The third-order valence-electron chi connectivity index (χ3n) is 4.70. The minimum absolute atomic E-state index is 0.233. The van der Waals surface area contributed by atoms with E-state index in [0.717, 1.165) is 5.56 Å². The molecule has 1 amide bonds. The molecule has 0 heterocycles. The number of methoxy groups -OCH3 is 1. The molecule has 3 rings (SSSR count). The Balaban J connectivity index is 0.000000620. The highest BCUT2D eigenvalue weighted by atomic mass is 32.2. The number of aromatic hydroxyl groups is 1. The van der Waals surface area contributed by atoms with Gasteiger partial charge in [0.15, 0.2) is 0 Å². The number of nitrogen functional groups attached to an aromatic ring is 3. The second-order valence-corrected chi connectivity index (χ2v) is 9.66. The van der Waals surface area contributed by atoms with E-state index < -0.39 is 10.1 Å². The fraction of sp³-hybridized carbons (Fsp3) is 0.138. The van der Waals surface area contributed by atoms with Crippen LogP contribution in [0, 0.1) is 19.8 Å². The molecule has 0 aromatic heterocycles. The van der Waals surface area contributed by atoms with Crippen molar-refractivity contribution in [3.05, 3.63) is 95.7 Å². The molecular formula is C29H37N5O6S. The van der Waals surface area contributed by atoms with Crippen molar-refractivity contribution in [1.82, 2.24) is 0 Å². The van der Waals surface area contributed by atoms with Crippen LogP contribution in [0.25, 0.3) is 0 Å². The number of hydrogen-bond acceptors (Lipinski definition) is 9. The molecule has 0 saturated heterocycles. The van der Waals surface area contributed by atoms with E-state index in [1.807, 2.05) is 6.92 Å². The van der Waals surface area contributed by atoms with Crippen LogP contribution in [0.3, 0.4) is 0 Å². The number of phenolic OH excluding ortho intramolecular Hbond substituents is 1. The summed E-state index contributed by atoms with van der Waals surface area (Å²) in [5.74, 6) is 0.171. The highest BCUT2D eigenvalue weighted by molar-refractivity contribution is 7.85. The summed E-state index contributed by atoms with van der Waals surface area (Å²) in [6.07, 6.45) is 12.3. The average molecular weight is 584 g/mol. The molecule has 0 unspecified atom stereocenters. The second-order valence-electron chi connectivity index (χ2n) is 8.16. The zero-order chi connectivity index (χ0) is 31.6. The molecule has 3 aromatic rings. The predicted octanol–water partition coefficient (Wildman–Crippen LogP) is 3.94. The molecule has 11 nitrogen and oxygen atoms in total. The molecule has 12 heteroatoms. The molecular weight excluding hydrogens is 546 g/mol. The quantitative estimate of drug-likeness (QED) is 0.0729. The molecule has 0 bridgehead atoms. The Morgan fingerprint density at radius 3 is 2.07 bits per heavy atom. The standard InChI is InChI=1S/C14H15N3O2.C7H9NO.C6H11NO3S.C2H2/c1-19-13-8-11(16)6-7-12(13)17-14(18)9-2-4-10(15)5-3-9;1-5-4-6(9)2-3-7(5)8;1-6(7)4-2-3-5-11(8,9)10;1-2/h2-8H,15-16H2,1H3,(H,17,18);2-4,9H,8H2,1H3;2-4H,5,7H2,1H3,(H,8,9,10);1-2H/b;;3-2-,6-4+;. The summed E-state index contributed by atoms with van der Waals surface area (Å²) >= 11 is 0. The summed E-state index contributed by atoms with van der Waals surface area (Å²) in [4.78, 5) is 12.0. The molecule has 0 aliphatic carbocycles. The van der Waals surface area contributed by atoms with Gasteiger partial charge in [0, 0.05) is 34.4 Å². The Labute approximate surface area is 241 Å². The van der Waals surface area contributed by atoms with E-state index in [9.17, 15) is 13.2 Å². The van der Waals surface area contributed by atoms with Crippen molar-refractivity contribution in [2.24, 2.45) is 5.73 Å². The zero-order valence-electron chi connectivity index (χ0n) is 23.1. The summed E-state index contributed by atoms with van der Waals surface area (Å²) in [5.41, 5.74) is 26.4. The first-order chi connectivity index (χ1) is 19.2. The SMILES string of the molecule is C#C.C/C(N)=C\C=C/CS(=O)(=O)O.COc1cc(N)ccc1NC(=O)c1ccc(N)cc1.Cc1cc(O)ccc1N. The summed E-state index contributed by atoms with van der Waals surface area (Å²) < 4.78 is 33.7. The number of ether oxygens (including phenoxy) is 1. The van der Waals surface area contributed by atoms with Crippen LogP contribution in [0.2, 0.25) is 0 Å². The number of phenols is 1. The third-order valence-corrected chi connectivity index (χ3v) is 5.32. The van der Waals surface area contributed by atoms with Gasteiger partial charge in [0.25, 0.3) is 16.0 Å². The maximum atomic E-state index is 12.0. The summed E-state index contributed by atoms with van der Waals surface area (Å²) in [5, 5.41) is 11.6. The number of nitrogens with one attached hydrogen (secondary N) is 1. The molecule has 0 aliphatic rings. The van der Waals surface area contributed by atoms with Gasteiger partial charge in [0.1, 0.15) is 11.5 Å². The van der Waals surface area contributed by atoms with Crippen LogP contribution in [-0.4, -0.2) is 36.8 Å². The molecule has 220 valence electrons. The number of aryl methyl sites for hydroxylation is 1. The van der Waals surface area contributed by atoms with E-state index in [1.54, 1.807) is 73.7 Å². The predicted molar refractivity (Wildman–Crippen MR) is 167 cm³/mol. The Morgan fingerprint density at radius 1 is 1.00 bits per heavy atom. The number of rotatable bonds is 6. The minimum atomic E-state index is -3.88. The molecule has 0 fully saturated rings. The number of carbonyl (C=O) groups is 1. The lowest BCUT2D eigenvalue weighted by atomic mass is 10.2. The van der Waals surface area contributed by atoms with Gasteiger partial charge in [0.05, 0.1) is 18.6 Å². The largest absolute Gasteiger partial charge is 0.508 e. The fourth-order valence-corrected chi connectivity index (χ4v) is 3.05. The normalized spacial score (nSPS) is 10.5. The van der Waals surface area contributed by atoms with E-state index in [0.29, 0.717) is 39.8 Å². The van der Waals surface area contributed by atoms with Crippen LogP contribution in [0.1, 0.15) is 22.8 Å². The van der Waals surface area contributed by atoms with Gasteiger partial charge >= 0.3 is 0 Å². The highest BCUT2D eigenvalue weighted by Gasteiger charge is 2.09. The van der Waals surface area contributed by atoms with Crippen LogP contribution in [0.4, 0.5) is 22.7 Å². The smallest absolute Gasteiger partial charge is 0.268 e. The van der Waals surface area contributed by atoms with Crippen LogP contribution >= 0.6 is 0 Å². The van der Waals surface area contributed by atoms with Crippen molar-refractivity contribution in [3.63, 3.8) is 0 Å². The van der Waals surface area contributed by atoms with Crippen LogP contribution in [0.15, 0.2) is 84.6 Å². The van der Waals surface area contributed by atoms with Gasteiger partial charge in [-0.05, 0) is 80.1 Å². The first kappa shape index (κ1) is 35.9. The van der Waals surface area contributed by atoms with Crippen LogP contribution in [0.5, 0.6) is 11.5 Å². The number of amides is 1. The molecule has 41 heavy (non-hydrogen) atoms. The monoisotopic (exact) mass is 583 g/mol. The number of allylic oxidation sites excluding steroid dienone is 3. The third kappa shape index (κ3) is 15.8. The molecule has 0 spiro atoms.